The summed E-state index contributed by atoms with van der Waals surface area (Å²) in [5.41, 5.74) is 3.36. The Balaban J connectivity index is 1.43. The predicted molar refractivity (Wildman–Crippen MR) is 119 cm³/mol. The summed E-state index contributed by atoms with van der Waals surface area (Å²) in [4.78, 5) is 5.47. The summed E-state index contributed by atoms with van der Waals surface area (Å²) < 4.78 is 34.4. The molecule has 0 radical (unpaired) electrons. The van der Waals surface area contributed by atoms with Crippen molar-refractivity contribution in [2.24, 2.45) is 0 Å². The largest absolute Gasteiger partial charge is 0.490 e. The average molecular weight is 420 g/mol. The lowest BCUT2D eigenvalue weighted by atomic mass is 10.1. The first-order chi connectivity index (χ1) is 14.6. The van der Waals surface area contributed by atoms with Crippen molar-refractivity contribution in [3.8, 4) is 5.75 Å². The van der Waals surface area contributed by atoms with Crippen molar-refractivity contribution in [1.29, 1.82) is 0 Å². The van der Waals surface area contributed by atoms with Crippen LogP contribution in [0.15, 0.2) is 83.9 Å². The molecule has 0 amide bonds. The second-order valence-electron chi connectivity index (χ2n) is 7.27. The topological polar surface area (TPSA) is 74.4 Å². The van der Waals surface area contributed by atoms with Crippen LogP contribution < -0.4 is 14.4 Å². The summed E-state index contributed by atoms with van der Waals surface area (Å²) in [7, 11) is -3.71. The molecular weight excluding hydrogens is 398 g/mol. The van der Waals surface area contributed by atoms with Crippen molar-refractivity contribution in [3.63, 3.8) is 0 Å². The number of rotatable bonds is 5. The Morgan fingerprint density at radius 3 is 2.73 bits per heavy atom. The summed E-state index contributed by atoms with van der Waals surface area (Å²) >= 11 is 0. The maximum Gasteiger partial charge on any atom is 0.261 e. The molecule has 0 spiro atoms. The van der Waals surface area contributed by atoms with Gasteiger partial charge in [0.15, 0.2) is 0 Å². The molecule has 1 aliphatic heterocycles. The van der Waals surface area contributed by atoms with Gasteiger partial charge in [0.1, 0.15) is 12.4 Å². The zero-order chi connectivity index (χ0) is 20.6. The van der Waals surface area contributed by atoms with E-state index in [0.29, 0.717) is 12.3 Å². The predicted octanol–water partition coefficient (Wildman–Crippen LogP) is 4.37. The van der Waals surface area contributed by atoms with Gasteiger partial charge in [0, 0.05) is 18.3 Å². The number of aromatic nitrogens is 1. The number of nitrogens with one attached hydrogen (secondary N) is 2. The van der Waals surface area contributed by atoms with Gasteiger partial charge in [-0.15, -0.1) is 0 Å². The highest BCUT2D eigenvalue weighted by molar-refractivity contribution is 7.92. The van der Waals surface area contributed by atoms with Crippen LogP contribution >= 0.6 is 0 Å². The van der Waals surface area contributed by atoms with Crippen LogP contribution in [0.4, 0.5) is 11.4 Å². The van der Waals surface area contributed by atoms with Crippen LogP contribution in [0.2, 0.25) is 0 Å². The standard InChI is InChI=1S/C23H21N3O3S/c27-30(28,20-8-6-18-10-11-24-21(18)15-20)25-19-7-9-23-22(14-19)26(12-13-29-23)16-17-4-2-1-3-5-17/h1-11,14-15,24-25H,12-13,16H2. The molecule has 0 atom stereocenters. The quantitative estimate of drug-likeness (QED) is 0.504. The van der Waals surface area contributed by atoms with Gasteiger partial charge in [0.05, 0.1) is 22.8 Å². The first-order valence-corrected chi connectivity index (χ1v) is 11.2. The zero-order valence-electron chi connectivity index (χ0n) is 16.2. The normalized spacial score (nSPS) is 13.7. The fourth-order valence-corrected chi connectivity index (χ4v) is 4.79. The minimum absolute atomic E-state index is 0.215. The van der Waals surface area contributed by atoms with Gasteiger partial charge in [-0.05, 0) is 47.3 Å². The Bertz CT molecular complexity index is 1300. The van der Waals surface area contributed by atoms with Crippen molar-refractivity contribution >= 4 is 32.3 Å². The van der Waals surface area contributed by atoms with Crippen LogP contribution in [0.25, 0.3) is 10.9 Å². The first kappa shape index (κ1) is 18.6. The molecule has 6 nitrogen and oxygen atoms in total. The summed E-state index contributed by atoms with van der Waals surface area (Å²) in [5.74, 6) is 0.757. The van der Waals surface area contributed by atoms with Crippen LogP contribution in [-0.2, 0) is 16.6 Å². The van der Waals surface area contributed by atoms with Crippen molar-refractivity contribution in [3.05, 3.63) is 84.6 Å². The molecule has 7 heteroatoms. The van der Waals surface area contributed by atoms with Gasteiger partial charge >= 0.3 is 0 Å². The highest BCUT2D eigenvalue weighted by Gasteiger charge is 2.21. The summed E-state index contributed by atoms with van der Waals surface area (Å²) in [6, 6.07) is 22.5. The molecule has 0 bridgehead atoms. The van der Waals surface area contributed by atoms with E-state index in [-0.39, 0.29) is 4.90 Å². The van der Waals surface area contributed by atoms with Crippen molar-refractivity contribution < 1.29 is 13.2 Å². The molecule has 1 aromatic heterocycles. The molecule has 0 unspecified atom stereocenters. The molecule has 2 heterocycles. The minimum atomic E-state index is -3.71. The lowest BCUT2D eigenvalue weighted by Gasteiger charge is -2.31. The number of aromatic amines is 1. The molecule has 0 saturated carbocycles. The molecule has 1 aliphatic rings. The van der Waals surface area contributed by atoms with E-state index in [1.54, 1.807) is 30.5 Å². The van der Waals surface area contributed by atoms with Gasteiger partial charge in [0.25, 0.3) is 10.0 Å². The third-order valence-corrected chi connectivity index (χ3v) is 6.60. The van der Waals surface area contributed by atoms with Gasteiger partial charge in [0.2, 0.25) is 0 Å². The third kappa shape index (κ3) is 3.59. The molecule has 3 aromatic carbocycles. The second kappa shape index (κ2) is 7.42. The summed E-state index contributed by atoms with van der Waals surface area (Å²) in [5, 5.41) is 0.969. The van der Waals surface area contributed by atoms with Gasteiger partial charge < -0.3 is 14.6 Å². The summed E-state index contributed by atoms with van der Waals surface area (Å²) in [6.45, 7) is 2.07. The number of benzene rings is 3. The zero-order valence-corrected chi connectivity index (χ0v) is 17.0. The molecule has 0 aliphatic carbocycles. The molecule has 4 aromatic rings. The van der Waals surface area contributed by atoms with E-state index in [1.165, 1.54) is 5.56 Å². The van der Waals surface area contributed by atoms with Crippen LogP contribution in [-0.4, -0.2) is 26.6 Å². The van der Waals surface area contributed by atoms with E-state index < -0.39 is 10.0 Å². The number of anilines is 2. The number of fused-ring (bicyclic) bond motifs is 2. The van der Waals surface area contributed by atoms with Gasteiger partial charge in [-0.3, -0.25) is 4.72 Å². The van der Waals surface area contributed by atoms with Gasteiger partial charge in [-0.2, -0.15) is 0 Å². The van der Waals surface area contributed by atoms with Crippen molar-refractivity contribution in [1.82, 2.24) is 4.98 Å². The van der Waals surface area contributed by atoms with Gasteiger partial charge in [-0.1, -0.05) is 36.4 Å². The fraction of sp³-hybridized carbons (Fsp3) is 0.130. The van der Waals surface area contributed by atoms with E-state index in [0.717, 1.165) is 35.4 Å². The van der Waals surface area contributed by atoms with E-state index in [1.807, 2.05) is 36.4 Å². The summed E-state index contributed by atoms with van der Waals surface area (Å²) in [6.07, 6.45) is 1.79. The molecule has 30 heavy (non-hydrogen) atoms. The second-order valence-corrected chi connectivity index (χ2v) is 8.95. The molecule has 2 N–H and O–H groups in total. The Hall–Kier alpha value is -3.45. The monoisotopic (exact) mass is 419 g/mol. The van der Waals surface area contributed by atoms with Crippen molar-refractivity contribution in [2.45, 2.75) is 11.4 Å². The number of sulfonamides is 1. The molecule has 0 fully saturated rings. The van der Waals surface area contributed by atoms with Crippen LogP contribution in [0, 0.1) is 0 Å². The Morgan fingerprint density at radius 1 is 1.00 bits per heavy atom. The molecule has 0 saturated heterocycles. The number of H-pyrrole nitrogens is 1. The number of hydrogen-bond donors (Lipinski definition) is 2. The van der Waals surface area contributed by atoms with Crippen LogP contribution in [0.1, 0.15) is 5.56 Å². The van der Waals surface area contributed by atoms with E-state index in [2.05, 4.69) is 26.7 Å². The molecular formula is C23H21N3O3S. The highest BCUT2D eigenvalue weighted by Crippen LogP contribution is 2.35. The lowest BCUT2D eigenvalue weighted by molar-refractivity contribution is 0.307. The van der Waals surface area contributed by atoms with Crippen LogP contribution in [0.3, 0.4) is 0 Å². The van der Waals surface area contributed by atoms with E-state index in [9.17, 15) is 8.42 Å². The number of hydrogen-bond acceptors (Lipinski definition) is 4. The average Bonchev–Trinajstić information content (AvgIpc) is 3.23. The smallest absolute Gasteiger partial charge is 0.261 e. The SMILES string of the molecule is O=S(=O)(Nc1ccc2c(c1)N(Cc1ccccc1)CCO2)c1ccc2cc[nH]c2c1. The number of ether oxygens (including phenoxy) is 1. The third-order valence-electron chi connectivity index (χ3n) is 5.22. The Labute approximate surface area is 175 Å². The molecule has 152 valence electrons. The highest BCUT2D eigenvalue weighted by atomic mass is 32.2. The van der Waals surface area contributed by atoms with E-state index in [4.69, 9.17) is 4.74 Å². The maximum absolute atomic E-state index is 12.9. The number of nitrogens with zero attached hydrogens (tertiary/aromatic N) is 1. The van der Waals surface area contributed by atoms with Gasteiger partial charge in [-0.25, -0.2) is 8.42 Å². The Kier molecular flexibility index (Phi) is 4.59. The fourth-order valence-electron chi connectivity index (χ4n) is 3.71. The Morgan fingerprint density at radius 2 is 1.87 bits per heavy atom. The first-order valence-electron chi connectivity index (χ1n) is 9.74. The van der Waals surface area contributed by atoms with E-state index >= 15 is 0 Å². The van der Waals surface area contributed by atoms with Crippen molar-refractivity contribution in [2.75, 3.05) is 22.8 Å². The lowest BCUT2D eigenvalue weighted by Crippen LogP contribution is -2.32. The maximum atomic E-state index is 12.9. The minimum Gasteiger partial charge on any atom is -0.490 e. The van der Waals surface area contributed by atoms with Crippen LogP contribution in [0.5, 0.6) is 5.75 Å². The molecule has 5 rings (SSSR count).